The van der Waals surface area contributed by atoms with Crippen LogP contribution in [-0.4, -0.2) is 11.6 Å². The summed E-state index contributed by atoms with van der Waals surface area (Å²) >= 11 is 1.71. The first-order valence-corrected chi connectivity index (χ1v) is 8.09. The minimum atomic E-state index is 0.684. The van der Waals surface area contributed by atoms with Gasteiger partial charge in [0.1, 0.15) is 5.75 Å². The number of ether oxygens (including phenoxy) is 1. The molecule has 2 rings (SSSR count). The molecule has 4 heteroatoms. The maximum atomic E-state index is 6.06. The van der Waals surface area contributed by atoms with Crippen molar-refractivity contribution in [2.75, 3.05) is 12.3 Å². The molecule has 1 heterocycles. The Balaban J connectivity index is 2.10. The van der Waals surface area contributed by atoms with Crippen molar-refractivity contribution < 1.29 is 4.74 Å². The van der Waals surface area contributed by atoms with E-state index < -0.39 is 0 Å². The third-order valence-electron chi connectivity index (χ3n) is 3.08. The molecular weight excluding hydrogens is 268 g/mol. The highest BCUT2D eigenvalue weighted by Crippen LogP contribution is 2.29. The van der Waals surface area contributed by atoms with Crippen molar-refractivity contribution in [3.63, 3.8) is 0 Å². The summed E-state index contributed by atoms with van der Waals surface area (Å²) in [4.78, 5) is 4.64. The van der Waals surface area contributed by atoms with Crippen molar-refractivity contribution in [3.05, 3.63) is 28.6 Å². The third kappa shape index (κ3) is 3.73. The van der Waals surface area contributed by atoms with Crippen LogP contribution in [0, 0.1) is 0 Å². The molecule has 0 spiro atoms. The van der Waals surface area contributed by atoms with Crippen LogP contribution in [0.5, 0.6) is 5.75 Å². The van der Waals surface area contributed by atoms with Gasteiger partial charge in [-0.2, -0.15) is 0 Å². The van der Waals surface area contributed by atoms with Crippen LogP contribution in [-0.2, 0) is 6.42 Å². The third-order valence-corrected chi connectivity index (χ3v) is 3.99. The van der Waals surface area contributed by atoms with Gasteiger partial charge in [-0.05, 0) is 37.5 Å². The molecule has 0 saturated carbocycles. The number of unbranched alkanes of at least 4 members (excludes halogenated alkanes) is 1. The van der Waals surface area contributed by atoms with Crippen LogP contribution in [0.25, 0.3) is 11.3 Å². The monoisotopic (exact) mass is 290 g/mol. The Labute approximate surface area is 124 Å². The van der Waals surface area contributed by atoms with Gasteiger partial charge in [0.05, 0.1) is 23.0 Å². The van der Waals surface area contributed by atoms with E-state index in [9.17, 15) is 0 Å². The van der Waals surface area contributed by atoms with Crippen LogP contribution >= 0.6 is 11.3 Å². The maximum absolute atomic E-state index is 6.06. The molecule has 3 nitrogen and oxygen atoms in total. The Hall–Kier alpha value is -1.55. The van der Waals surface area contributed by atoms with Gasteiger partial charge in [-0.3, -0.25) is 0 Å². The fourth-order valence-corrected chi connectivity index (χ4v) is 2.85. The maximum Gasteiger partial charge on any atom is 0.142 e. The Bertz CT molecular complexity index is 551. The first-order valence-electron chi connectivity index (χ1n) is 7.21. The zero-order chi connectivity index (χ0) is 14.4. The summed E-state index contributed by atoms with van der Waals surface area (Å²) in [5, 5.41) is 3.28. The van der Waals surface area contributed by atoms with Gasteiger partial charge in [0.25, 0.3) is 0 Å². The van der Waals surface area contributed by atoms with Gasteiger partial charge in [0.15, 0.2) is 0 Å². The van der Waals surface area contributed by atoms with E-state index >= 15 is 0 Å². The predicted molar refractivity (Wildman–Crippen MR) is 86.4 cm³/mol. The van der Waals surface area contributed by atoms with E-state index in [0.29, 0.717) is 5.69 Å². The number of rotatable bonds is 7. The molecule has 0 unspecified atom stereocenters. The quantitative estimate of drug-likeness (QED) is 0.602. The van der Waals surface area contributed by atoms with Crippen LogP contribution in [0.2, 0.25) is 0 Å². The van der Waals surface area contributed by atoms with Crippen molar-refractivity contribution >= 4 is 17.0 Å². The highest BCUT2D eigenvalue weighted by Gasteiger charge is 2.07. The van der Waals surface area contributed by atoms with E-state index in [1.165, 1.54) is 5.01 Å². The first-order chi connectivity index (χ1) is 9.74. The van der Waals surface area contributed by atoms with Crippen LogP contribution in [0.15, 0.2) is 23.6 Å². The normalized spacial score (nSPS) is 10.7. The number of nitrogens with two attached hydrogens (primary N) is 1. The number of hydrogen-bond donors (Lipinski definition) is 1. The van der Waals surface area contributed by atoms with Gasteiger partial charge >= 0.3 is 0 Å². The number of nitrogens with zero attached hydrogens (tertiary/aromatic N) is 1. The molecule has 0 saturated heterocycles. The molecule has 0 bridgehead atoms. The SMILES string of the molecule is CCCCOc1ccc(-c2csc(CCC)n2)cc1N. The summed E-state index contributed by atoms with van der Waals surface area (Å²) in [5.41, 5.74) is 8.81. The van der Waals surface area contributed by atoms with Crippen molar-refractivity contribution in [1.29, 1.82) is 0 Å². The van der Waals surface area contributed by atoms with E-state index in [1.807, 2.05) is 18.2 Å². The van der Waals surface area contributed by atoms with Gasteiger partial charge < -0.3 is 10.5 Å². The van der Waals surface area contributed by atoms with Crippen molar-refractivity contribution in [2.45, 2.75) is 39.5 Å². The molecule has 20 heavy (non-hydrogen) atoms. The molecular formula is C16H22N2OS. The van der Waals surface area contributed by atoms with E-state index in [4.69, 9.17) is 10.5 Å². The van der Waals surface area contributed by atoms with Gasteiger partial charge in [0, 0.05) is 10.9 Å². The summed E-state index contributed by atoms with van der Waals surface area (Å²) in [6.45, 7) is 5.03. The number of nitrogen functional groups attached to an aromatic ring is 1. The number of thiazole rings is 1. The molecule has 0 aliphatic rings. The molecule has 0 amide bonds. The molecule has 0 radical (unpaired) electrons. The smallest absolute Gasteiger partial charge is 0.142 e. The minimum absolute atomic E-state index is 0.684. The van der Waals surface area contributed by atoms with Crippen molar-refractivity contribution in [1.82, 2.24) is 4.98 Å². The van der Waals surface area contributed by atoms with Gasteiger partial charge in [0.2, 0.25) is 0 Å². The molecule has 1 aromatic carbocycles. The highest BCUT2D eigenvalue weighted by molar-refractivity contribution is 7.09. The Morgan fingerprint density at radius 3 is 2.80 bits per heavy atom. The van der Waals surface area contributed by atoms with Crippen molar-refractivity contribution in [3.8, 4) is 17.0 Å². The van der Waals surface area contributed by atoms with Gasteiger partial charge in [-0.1, -0.05) is 20.3 Å². The number of aromatic nitrogens is 1. The Morgan fingerprint density at radius 2 is 2.10 bits per heavy atom. The lowest BCUT2D eigenvalue weighted by Gasteiger charge is -2.09. The Morgan fingerprint density at radius 1 is 1.25 bits per heavy atom. The average Bonchev–Trinajstić information content (AvgIpc) is 2.90. The lowest BCUT2D eigenvalue weighted by Crippen LogP contribution is -2.00. The lowest BCUT2D eigenvalue weighted by atomic mass is 10.1. The summed E-state index contributed by atoms with van der Waals surface area (Å²) in [6, 6.07) is 5.92. The Kier molecular flexibility index (Phi) is 5.41. The topological polar surface area (TPSA) is 48.1 Å². The number of anilines is 1. The van der Waals surface area contributed by atoms with E-state index in [-0.39, 0.29) is 0 Å². The minimum Gasteiger partial charge on any atom is -0.491 e. The number of aryl methyl sites for hydroxylation is 1. The summed E-state index contributed by atoms with van der Waals surface area (Å²) in [5.74, 6) is 0.770. The summed E-state index contributed by atoms with van der Waals surface area (Å²) in [6.07, 6.45) is 4.34. The summed E-state index contributed by atoms with van der Waals surface area (Å²) in [7, 11) is 0. The predicted octanol–water partition coefficient (Wildman–Crippen LogP) is 4.52. The lowest BCUT2D eigenvalue weighted by molar-refractivity contribution is 0.311. The molecule has 2 aromatic rings. The van der Waals surface area contributed by atoms with Gasteiger partial charge in [-0.25, -0.2) is 4.98 Å². The fourth-order valence-electron chi connectivity index (χ4n) is 1.94. The summed E-state index contributed by atoms with van der Waals surface area (Å²) < 4.78 is 5.67. The molecule has 0 fully saturated rings. The highest BCUT2D eigenvalue weighted by atomic mass is 32.1. The van der Waals surface area contributed by atoms with Gasteiger partial charge in [-0.15, -0.1) is 11.3 Å². The second kappa shape index (κ2) is 7.29. The van der Waals surface area contributed by atoms with E-state index in [0.717, 1.165) is 49.3 Å². The van der Waals surface area contributed by atoms with Crippen LogP contribution in [0.3, 0.4) is 0 Å². The number of benzene rings is 1. The molecule has 0 atom stereocenters. The van der Waals surface area contributed by atoms with Crippen LogP contribution in [0.1, 0.15) is 38.1 Å². The molecule has 1 aromatic heterocycles. The largest absolute Gasteiger partial charge is 0.491 e. The molecule has 108 valence electrons. The number of hydrogen-bond acceptors (Lipinski definition) is 4. The fraction of sp³-hybridized carbons (Fsp3) is 0.438. The average molecular weight is 290 g/mol. The van der Waals surface area contributed by atoms with Crippen LogP contribution in [0.4, 0.5) is 5.69 Å². The molecule has 2 N–H and O–H groups in total. The molecule has 0 aliphatic carbocycles. The first kappa shape index (κ1) is 14.9. The molecule has 0 aliphatic heterocycles. The van der Waals surface area contributed by atoms with Crippen molar-refractivity contribution in [2.24, 2.45) is 0 Å². The zero-order valence-corrected chi connectivity index (χ0v) is 13.0. The van der Waals surface area contributed by atoms with E-state index in [1.54, 1.807) is 11.3 Å². The zero-order valence-electron chi connectivity index (χ0n) is 12.2. The second-order valence-electron chi connectivity index (χ2n) is 4.83. The van der Waals surface area contributed by atoms with E-state index in [2.05, 4.69) is 24.2 Å². The second-order valence-corrected chi connectivity index (χ2v) is 5.77. The van der Waals surface area contributed by atoms with Crippen LogP contribution < -0.4 is 10.5 Å². The standard InChI is InChI=1S/C16H22N2OS/c1-3-5-9-19-15-8-7-12(10-13(15)17)14-11-20-16(18-14)6-4-2/h7-8,10-11H,3-6,9,17H2,1-2H3.